The summed E-state index contributed by atoms with van der Waals surface area (Å²) in [5, 5.41) is 7.41. The average Bonchev–Trinajstić information content (AvgIpc) is 3.32. The molecule has 8 heteroatoms. The summed E-state index contributed by atoms with van der Waals surface area (Å²) in [6, 6.07) is 9.82. The highest BCUT2D eigenvalue weighted by Gasteiger charge is 2.50. The van der Waals surface area contributed by atoms with Crippen molar-refractivity contribution in [1.29, 1.82) is 0 Å². The summed E-state index contributed by atoms with van der Waals surface area (Å²) in [6.07, 6.45) is 5.91. The summed E-state index contributed by atoms with van der Waals surface area (Å²) in [6.45, 7) is 7.73. The molecule has 0 bridgehead atoms. The number of nitrogens with one attached hydrogen (secondary N) is 1. The molecule has 0 radical (unpaired) electrons. The van der Waals surface area contributed by atoms with Crippen LogP contribution >= 0.6 is 0 Å². The number of piperazine rings is 1. The summed E-state index contributed by atoms with van der Waals surface area (Å²) in [7, 11) is 0. The first-order valence-electron chi connectivity index (χ1n) is 11.7. The molecule has 1 saturated carbocycles. The van der Waals surface area contributed by atoms with Gasteiger partial charge in [-0.1, -0.05) is 12.1 Å². The number of hydrogen-bond donors (Lipinski definition) is 2. The summed E-state index contributed by atoms with van der Waals surface area (Å²) in [5.74, 6) is -0.341. The van der Waals surface area contributed by atoms with E-state index in [1.54, 1.807) is 6.20 Å². The van der Waals surface area contributed by atoms with Gasteiger partial charge in [-0.3, -0.25) is 4.79 Å². The molecule has 2 atom stereocenters. The first-order chi connectivity index (χ1) is 15.7. The number of fused-ring (bicyclic) bond motifs is 1. The molecule has 1 aromatic carbocycles. The molecule has 3 amide bonds. The number of amides is 3. The Hall–Kier alpha value is -3.29. The minimum atomic E-state index is -0.460. The van der Waals surface area contributed by atoms with Crippen LogP contribution in [0.1, 0.15) is 39.2 Å². The third-order valence-corrected chi connectivity index (χ3v) is 6.67. The molecular formula is C25H32N6O2. The van der Waals surface area contributed by atoms with Gasteiger partial charge in [-0.25, -0.2) is 9.48 Å². The van der Waals surface area contributed by atoms with Crippen LogP contribution in [-0.2, 0) is 4.79 Å². The normalized spacial score (nSPS) is 23.0. The summed E-state index contributed by atoms with van der Waals surface area (Å²) < 4.78 is 1.82. The van der Waals surface area contributed by atoms with E-state index in [0.717, 1.165) is 29.7 Å². The maximum Gasteiger partial charge on any atom is 0.317 e. The molecular weight excluding hydrogens is 416 g/mol. The molecule has 3 N–H and O–H groups in total. The number of rotatable bonds is 4. The zero-order valence-corrected chi connectivity index (χ0v) is 19.5. The smallest absolute Gasteiger partial charge is 0.317 e. The Bertz CT molecular complexity index is 1100. The van der Waals surface area contributed by atoms with Crippen LogP contribution < -0.4 is 11.1 Å². The van der Waals surface area contributed by atoms with E-state index >= 15 is 0 Å². The third kappa shape index (κ3) is 4.10. The molecule has 3 heterocycles. The Balaban J connectivity index is 1.51. The highest BCUT2D eigenvalue weighted by Crippen LogP contribution is 2.51. The first kappa shape index (κ1) is 21.6. The van der Waals surface area contributed by atoms with E-state index in [-0.39, 0.29) is 23.5 Å². The van der Waals surface area contributed by atoms with E-state index in [1.807, 2.05) is 54.7 Å². The van der Waals surface area contributed by atoms with Crippen molar-refractivity contribution in [2.24, 2.45) is 17.6 Å². The van der Waals surface area contributed by atoms with Crippen LogP contribution in [0.15, 0.2) is 48.4 Å². The highest BCUT2D eigenvalue weighted by atomic mass is 16.2. The Kier molecular flexibility index (Phi) is 5.18. The van der Waals surface area contributed by atoms with Crippen molar-refractivity contribution >= 4 is 17.5 Å². The number of nitrogens with two attached hydrogens (primary N) is 1. The Labute approximate surface area is 194 Å². The minimum Gasteiger partial charge on any atom is -0.369 e. The Morgan fingerprint density at radius 3 is 2.58 bits per heavy atom. The molecule has 2 aromatic rings. The predicted molar refractivity (Wildman–Crippen MR) is 126 cm³/mol. The van der Waals surface area contributed by atoms with Crippen LogP contribution in [0.25, 0.3) is 11.3 Å². The molecule has 2 aliphatic heterocycles. The standard InChI is InChI=1S/C25H32N6O2/c1-25(2,3)28-24(33)29-12-13-30-19(15-29)21(23(26)32)20(22(30)16-8-9-16)17-6-4-7-18(14-17)31-11-5-10-27-31/h4-7,10-11,14,16,19,21H,8-9,12-13,15H2,1-3H3,(H2,26,32)(H,28,33). The SMILES string of the molecule is CC(C)(C)NC(=O)N1CCN2C(C3CC3)=C(c3cccc(-n4cccn4)c3)C(C(N)=O)C2C1. The lowest BCUT2D eigenvalue weighted by molar-refractivity contribution is -0.121. The fraction of sp³-hybridized carbons (Fsp3) is 0.480. The zero-order chi connectivity index (χ0) is 23.3. The number of benzene rings is 1. The number of urea groups is 1. The van der Waals surface area contributed by atoms with Crippen LogP contribution in [0.5, 0.6) is 0 Å². The van der Waals surface area contributed by atoms with Crippen molar-refractivity contribution in [1.82, 2.24) is 24.9 Å². The fourth-order valence-corrected chi connectivity index (χ4v) is 5.19. The zero-order valence-electron chi connectivity index (χ0n) is 19.5. The molecule has 5 rings (SSSR count). The van der Waals surface area contributed by atoms with Crippen LogP contribution in [0.4, 0.5) is 4.79 Å². The minimum absolute atomic E-state index is 0.0903. The largest absolute Gasteiger partial charge is 0.369 e. The molecule has 8 nitrogen and oxygen atoms in total. The fourth-order valence-electron chi connectivity index (χ4n) is 5.19. The first-order valence-corrected chi connectivity index (χ1v) is 11.7. The molecule has 2 unspecified atom stereocenters. The summed E-state index contributed by atoms with van der Waals surface area (Å²) in [4.78, 5) is 30.0. The molecule has 33 heavy (non-hydrogen) atoms. The number of hydrogen-bond acceptors (Lipinski definition) is 4. The van der Waals surface area contributed by atoms with Crippen LogP contribution in [0, 0.1) is 11.8 Å². The predicted octanol–water partition coefficient (Wildman–Crippen LogP) is 2.60. The quantitative estimate of drug-likeness (QED) is 0.751. The second-order valence-corrected chi connectivity index (χ2v) is 10.3. The maximum absolute atomic E-state index is 12.9. The van der Waals surface area contributed by atoms with Crippen molar-refractivity contribution in [3.63, 3.8) is 0 Å². The lowest BCUT2D eigenvalue weighted by Crippen LogP contribution is -2.59. The third-order valence-electron chi connectivity index (χ3n) is 6.67. The van der Waals surface area contributed by atoms with Gasteiger partial charge in [-0.2, -0.15) is 5.10 Å². The van der Waals surface area contributed by atoms with Gasteiger partial charge >= 0.3 is 6.03 Å². The topological polar surface area (TPSA) is 96.5 Å². The van der Waals surface area contributed by atoms with Gasteiger partial charge < -0.3 is 20.9 Å². The van der Waals surface area contributed by atoms with Gasteiger partial charge in [-0.05, 0) is 68.9 Å². The van der Waals surface area contributed by atoms with Gasteiger partial charge in [0.2, 0.25) is 5.91 Å². The molecule has 3 aliphatic rings. The van der Waals surface area contributed by atoms with Crippen molar-refractivity contribution in [3.8, 4) is 5.69 Å². The van der Waals surface area contributed by atoms with Gasteiger partial charge in [0.1, 0.15) is 0 Å². The molecule has 1 aromatic heterocycles. The number of carbonyl (C=O) groups excluding carboxylic acids is 2. The van der Waals surface area contributed by atoms with E-state index in [1.165, 1.54) is 5.70 Å². The molecule has 0 spiro atoms. The van der Waals surface area contributed by atoms with Crippen molar-refractivity contribution in [2.75, 3.05) is 19.6 Å². The number of nitrogens with zero attached hydrogens (tertiary/aromatic N) is 4. The van der Waals surface area contributed by atoms with Gasteiger partial charge in [0.15, 0.2) is 0 Å². The van der Waals surface area contributed by atoms with Crippen molar-refractivity contribution in [3.05, 3.63) is 54.0 Å². The second kappa shape index (κ2) is 7.93. The number of aromatic nitrogens is 2. The highest BCUT2D eigenvalue weighted by molar-refractivity contribution is 5.95. The molecule has 174 valence electrons. The number of allylic oxidation sites excluding steroid dienone is 1. The Morgan fingerprint density at radius 2 is 1.94 bits per heavy atom. The van der Waals surface area contributed by atoms with Crippen LogP contribution in [0.2, 0.25) is 0 Å². The van der Waals surface area contributed by atoms with Crippen LogP contribution in [-0.4, -0.2) is 62.7 Å². The summed E-state index contributed by atoms with van der Waals surface area (Å²) >= 11 is 0. The molecule has 2 fully saturated rings. The Morgan fingerprint density at radius 1 is 1.15 bits per heavy atom. The van der Waals surface area contributed by atoms with E-state index in [0.29, 0.717) is 25.6 Å². The number of carbonyl (C=O) groups is 2. The van der Waals surface area contributed by atoms with E-state index in [4.69, 9.17) is 5.73 Å². The lowest BCUT2D eigenvalue weighted by atomic mass is 9.87. The van der Waals surface area contributed by atoms with Crippen molar-refractivity contribution in [2.45, 2.75) is 45.2 Å². The second-order valence-electron chi connectivity index (χ2n) is 10.3. The van der Waals surface area contributed by atoms with E-state index in [2.05, 4.69) is 27.4 Å². The number of primary amides is 1. The average molecular weight is 449 g/mol. The monoisotopic (exact) mass is 448 g/mol. The molecule has 1 aliphatic carbocycles. The van der Waals surface area contributed by atoms with Gasteiger partial charge in [0.05, 0.1) is 17.6 Å². The maximum atomic E-state index is 12.9. The molecule has 1 saturated heterocycles. The van der Waals surface area contributed by atoms with E-state index < -0.39 is 5.92 Å². The van der Waals surface area contributed by atoms with Gasteiger partial charge in [0.25, 0.3) is 0 Å². The van der Waals surface area contributed by atoms with Crippen molar-refractivity contribution < 1.29 is 9.59 Å². The van der Waals surface area contributed by atoms with Crippen LogP contribution in [0.3, 0.4) is 0 Å². The van der Waals surface area contributed by atoms with Gasteiger partial charge in [-0.15, -0.1) is 0 Å². The summed E-state index contributed by atoms with van der Waals surface area (Å²) in [5.41, 5.74) is 9.95. The van der Waals surface area contributed by atoms with Gasteiger partial charge in [0, 0.05) is 43.3 Å². The lowest BCUT2D eigenvalue weighted by Gasteiger charge is -2.42. The van der Waals surface area contributed by atoms with E-state index in [9.17, 15) is 9.59 Å².